The zero-order valence-electron chi connectivity index (χ0n) is 12.4. The molecule has 4 N–H and O–H groups in total. The summed E-state index contributed by atoms with van der Waals surface area (Å²) >= 11 is 1.46. The average Bonchev–Trinajstić information content (AvgIpc) is 2.77. The van der Waals surface area contributed by atoms with E-state index in [-0.39, 0.29) is 5.91 Å². The van der Waals surface area contributed by atoms with E-state index in [1.807, 2.05) is 13.8 Å². The predicted molar refractivity (Wildman–Crippen MR) is 85.6 cm³/mol. The molecule has 2 heterocycles. The van der Waals surface area contributed by atoms with Crippen LogP contribution in [-0.4, -0.2) is 15.9 Å². The third kappa shape index (κ3) is 3.77. The van der Waals surface area contributed by atoms with Gasteiger partial charge in [-0.05, 0) is 32.4 Å². The van der Waals surface area contributed by atoms with Crippen LogP contribution in [0.5, 0.6) is 0 Å². The highest BCUT2D eigenvalue weighted by molar-refractivity contribution is 7.15. The molecule has 0 spiro atoms. The number of aryl methyl sites for hydroxylation is 3. The number of nitrogens with one attached hydrogen (secondary N) is 2. The maximum Gasteiger partial charge on any atom is 0.257 e. The van der Waals surface area contributed by atoms with E-state index in [0.29, 0.717) is 16.5 Å². The number of nitrogens with zero attached hydrogens (tertiary/aromatic N) is 2. The summed E-state index contributed by atoms with van der Waals surface area (Å²) in [4.78, 5) is 22.0. The van der Waals surface area contributed by atoms with E-state index in [9.17, 15) is 4.79 Å². The molecule has 0 radical (unpaired) electrons. The number of thiazole rings is 1. The number of anilines is 2. The first-order valence-corrected chi connectivity index (χ1v) is 7.58. The number of hydrogen-bond donors (Lipinski definition) is 3. The number of amides is 1. The molecule has 2 rings (SSSR count). The zero-order chi connectivity index (χ0) is 15.4. The summed E-state index contributed by atoms with van der Waals surface area (Å²) in [7, 11) is 0. The fourth-order valence-electron chi connectivity index (χ4n) is 1.87. The fraction of sp³-hybridized carbons (Fsp3) is 0.357. The van der Waals surface area contributed by atoms with Crippen LogP contribution in [0.3, 0.4) is 0 Å². The Morgan fingerprint density at radius 2 is 2.10 bits per heavy atom. The standard InChI is InChI=1S/C14H19N5OS/c1-4-5-11-6-10(7-12(17-11)19-15)13(20)18-14-16-8(2)9(3)21-14/h6-7H,4-5,15H2,1-3H3,(H,17,19)(H,16,18,20). The molecule has 0 unspecified atom stereocenters. The predicted octanol–water partition coefficient (Wildman–Crippen LogP) is 2.65. The van der Waals surface area contributed by atoms with Crippen molar-refractivity contribution in [2.24, 2.45) is 5.84 Å². The molecule has 0 saturated heterocycles. The minimum absolute atomic E-state index is 0.208. The summed E-state index contributed by atoms with van der Waals surface area (Å²) in [5.74, 6) is 5.68. The van der Waals surface area contributed by atoms with E-state index in [0.717, 1.165) is 29.1 Å². The molecular weight excluding hydrogens is 286 g/mol. The lowest BCUT2D eigenvalue weighted by molar-refractivity contribution is 0.102. The summed E-state index contributed by atoms with van der Waals surface area (Å²) in [6.45, 7) is 5.96. The Hall–Kier alpha value is -1.99. The number of rotatable bonds is 5. The van der Waals surface area contributed by atoms with Gasteiger partial charge in [0.1, 0.15) is 5.82 Å². The summed E-state index contributed by atoms with van der Waals surface area (Å²) < 4.78 is 0. The number of pyridine rings is 1. The van der Waals surface area contributed by atoms with Gasteiger partial charge in [-0.1, -0.05) is 13.3 Å². The van der Waals surface area contributed by atoms with Crippen molar-refractivity contribution in [3.05, 3.63) is 34.0 Å². The monoisotopic (exact) mass is 305 g/mol. The third-order valence-electron chi connectivity index (χ3n) is 3.04. The largest absolute Gasteiger partial charge is 0.308 e. The van der Waals surface area contributed by atoms with Gasteiger partial charge >= 0.3 is 0 Å². The second-order valence-corrected chi connectivity index (χ2v) is 5.94. The summed E-state index contributed by atoms with van der Waals surface area (Å²) in [6, 6.07) is 3.41. The molecule has 0 aliphatic heterocycles. The molecule has 0 saturated carbocycles. The van der Waals surface area contributed by atoms with E-state index in [2.05, 4.69) is 27.6 Å². The molecule has 0 bridgehead atoms. The van der Waals surface area contributed by atoms with Gasteiger partial charge in [0.15, 0.2) is 5.13 Å². The van der Waals surface area contributed by atoms with Crippen LogP contribution in [-0.2, 0) is 6.42 Å². The molecule has 0 atom stereocenters. The number of hydrogen-bond acceptors (Lipinski definition) is 6. The van der Waals surface area contributed by atoms with Crippen LogP contribution in [0.2, 0.25) is 0 Å². The Morgan fingerprint density at radius 1 is 1.33 bits per heavy atom. The normalized spacial score (nSPS) is 10.5. The number of carbonyl (C=O) groups excluding carboxylic acids is 1. The fourth-order valence-corrected chi connectivity index (χ4v) is 2.68. The minimum Gasteiger partial charge on any atom is -0.308 e. The first-order chi connectivity index (χ1) is 10.0. The van der Waals surface area contributed by atoms with Gasteiger partial charge in [-0.15, -0.1) is 11.3 Å². The second-order valence-electron chi connectivity index (χ2n) is 4.74. The highest BCUT2D eigenvalue weighted by atomic mass is 32.1. The summed E-state index contributed by atoms with van der Waals surface area (Å²) in [5, 5.41) is 3.42. The van der Waals surface area contributed by atoms with Gasteiger partial charge in [0.05, 0.1) is 5.69 Å². The number of hydrazine groups is 1. The van der Waals surface area contributed by atoms with Crippen LogP contribution in [0.1, 0.15) is 40.0 Å². The van der Waals surface area contributed by atoms with Gasteiger partial charge in [-0.2, -0.15) is 0 Å². The van der Waals surface area contributed by atoms with Gasteiger partial charge in [0, 0.05) is 16.1 Å². The van der Waals surface area contributed by atoms with Crippen molar-refractivity contribution in [3.8, 4) is 0 Å². The lowest BCUT2D eigenvalue weighted by Gasteiger charge is -2.07. The van der Waals surface area contributed by atoms with E-state index >= 15 is 0 Å². The van der Waals surface area contributed by atoms with Crippen molar-refractivity contribution in [1.82, 2.24) is 9.97 Å². The molecule has 6 nitrogen and oxygen atoms in total. The van der Waals surface area contributed by atoms with E-state index in [4.69, 9.17) is 5.84 Å². The topological polar surface area (TPSA) is 92.9 Å². The summed E-state index contributed by atoms with van der Waals surface area (Å²) in [6.07, 6.45) is 1.75. The van der Waals surface area contributed by atoms with E-state index < -0.39 is 0 Å². The van der Waals surface area contributed by atoms with Crippen molar-refractivity contribution in [2.75, 3.05) is 10.7 Å². The Morgan fingerprint density at radius 3 is 2.67 bits per heavy atom. The van der Waals surface area contributed by atoms with E-state index in [1.54, 1.807) is 12.1 Å². The lowest BCUT2D eigenvalue weighted by atomic mass is 10.1. The molecule has 1 amide bonds. The highest BCUT2D eigenvalue weighted by Gasteiger charge is 2.12. The highest BCUT2D eigenvalue weighted by Crippen LogP contribution is 2.22. The van der Waals surface area contributed by atoms with Crippen LogP contribution >= 0.6 is 11.3 Å². The molecule has 112 valence electrons. The van der Waals surface area contributed by atoms with Crippen molar-refractivity contribution in [1.29, 1.82) is 0 Å². The molecule has 0 aliphatic rings. The molecule has 7 heteroatoms. The van der Waals surface area contributed by atoms with Crippen LogP contribution in [0.25, 0.3) is 0 Å². The van der Waals surface area contributed by atoms with Crippen LogP contribution in [0.15, 0.2) is 12.1 Å². The molecular formula is C14H19N5OS. The number of aromatic nitrogens is 2. The Kier molecular flexibility index (Phi) is 4.87. The number of nitrogens with two attached hydrogens (primary N) is 1. The molecule has 0 fully saturated rings. The summed E-state index contributed by atoms with van der Waals surface area (Å²) in [5.41, 5.74) is 4.78. The number of carbonyl (C=O) groups is 1. The van der Waals surface area contributed by atoms with Gasteiger partial charge in [-0.3, -0.25) is 10.1 Å². The Labute approximate surface area is 127 Å². The first kappa shape index (κ1) is 15.4. The van der Waals surface area contributed by atoms with Gasteiger partial charge in [-0.25, -0.2) is 15.8 Å². The van der Waals surface area contributed by atoms with Crippen molar-refractivity contribution in [3.63, 3.8) is 0 Å². The second kappa shape index (κ2) is 6.64. The minimum atomic E-state index is -0.208. The molecule has 21 heavy (non-hydrogen) atoms. The van der Waals surface area contributed by atoms with E-state index in [1.165, 1.54) is 11.3 Å². The molecule has 0 aromatic carbocycles. The number of nitrogen functional groups attached to an aromatic ring is 1. The SMILES string of the molecule is CCCc1cc(C(=O)Nc2nc(C)c(C)s2)cc(NN)n1. The van der Waals surface area contributed by atoms with Gasteiger partial charge in [0.25, 0.3) is 5.91 Å². The maximum atomic E-state index is 12.3. The van der Waals surface area contributed by atoms with Gasteiger partial charge in [0.2, 0.25) is 0 Å². The molecule has 2 aromatic heterocycles. The maximum absolute atomic E-state index is 12.3. The molecule has 0 aliphatic carbocycles. The van der Waals surface area contributed by atoms with Crippen molar-refractivity contribution >= 4 is 28.2 Å². The van der Waals surface area contributed by atoms with Gasteiger partial charge < -0.3 is 5.43 Å². The molecule has 2 aromatic rings. The van der Waals surface area contributed by atoms with Crippen LogP contribution < -0.4 is 16.6 Å². The van der Waals surface area contributed by atoms with Crippen molar-refractivity contribution in [2.45, 2.75) is 33.6 Å². The Balaban J connectivity index is 2.23. The zero-order valence-corrected chi connectivity index (χ0v) is 13.2. The lowest BCUT2D eigenvalue weighted by Crippen LogP contribution is -2.15. The third-order valence-corrected chi connectivity index (χ3v) is 4.03. The Bertz CT molecular complexity index is 633. The average molecular weight is 305 g/mol. The quantitative estimate of drug-likeness (QED) is 0.583. The smallest absolute Gasteiger partial charge is 0.257 e. The first-order valence-electron chi connectivity index (χ1n) is 6.76. The van der Waals surface area contributed by atoms with Crippen LogP contribution in [0, 0.1) is 13.8 Å². The van der Waals surface area contributed by atoms with Crippen molar-refractivity contribution < 1.29 is 4.79 Å². The van der Waals surface area contributed by atoms with Crippen LogP contribution in [0.4, 0.5) is 10.9 Å².